The monoisotopic (exact) mass is 298 g/mol. The molecule has 1 fully saturated rings. The van der Waals surface area contributed by atoms with Gasteiger partial charge in [-0.25, -0.2) is 4.98 Å². The maximum Gasteiger partial charge on any atom is 0.256 e. The molecule has 1 amide bonds. The molecule has 2 N–H and O–H groups in total. The van der Waals surface area contributed by atoms with Crippen LogP contribution in [-0.2, 0) is 6.54 Å². The molecule has 1 aliphatic carbocycles. The number of para-hydroxylation sites is 1. The van der Waals surface area contributed by atoms with Crippen molar-refractivity contribution in [3.05, 3.63) is 30.1 Å². The van der Waals surface area contributed by atoms with Crippen LogP contribution in [0.5, 0.6) is 0 Å². The largest absolute Gasteiger partial charge is 0.334 e. The predicted molar refractivity (Wildman–Crippen MR) is 85.6 cm³/mol. The summed E-state index contributed by atoms with van der Waals surface area (Å²) in [5.74, 6) is 0.806. The van der Waals surface area contributed by atoms with Crippen molar-refractivity contribution in [1.82, 2.24) is 14.5 Å². The predicted octanol–water partition coefficient (Wildman–Crippen LogP) is 2.01. The van der Waals surface area contributed by atoms with Crippen LogP contribution in [0.1, 0.15) is 36.0 Å². The Balaban J connectivity index is 1.64. The van der Waals surface area contributed by atoms with Crippen molar-refractivity contribution in [3.8, 4) is 0 Å². The quantitative estimate of drug-likeness (QED) is 0.922. The molecule has 0 atom stereocenters. The van der Waals surface area contributed by atoms with Crippen molar-refractivity contribution in [2.24, 2.45) is 11.7 Å². The van der Waals surface area contributed by atoms with Gasteiger partial charge in [-0.05, 0) is 50.3 Å². The molecule has 2 aromatic rings. The summed E-state index contributed by atoms with van der Waals surface area (Å²) in [6, 6.07) is 6.21. The number of amides is 1. The summed E-state index contributed by atoms with van der Waals surface area (Å²) in [5, 5.41) is 0. The first-order valence-corrected chi connectivity index (χ1v) is 8.23. The number of benzene rings is 1. The van der Waals surface area contributed by atoms with Crippen molar-refractivity contribution in [2.75, 3.05) is 13.1 Å². The molecule has 0 radical (unpaired) electrons. The fourth-order valence-corrected chi connectivity index (χ4v) is 3.98. The number of carbonyl (C=O) groups is 1. The van der Waals surface area contributed by atoms with E-state index in [2.05, 4.69) is 14.5 Å². The second kappa shape index (κ2) is 5.39. The first-order chi connectivity index (χ1) is 10.8. The number of carbonyl (C=O) groups excluding carboxylic acids is 1. The molecular weight excluding hydrogens is 276 g/mol. The number of aromatic nitrogens is 2. The van der Waals surface area contributed by atoms with Crippen LogP contribution in [0.4, 0.5) is 0 Å². The van der Waals surface area contributed by atoms with Gasteiger partial charge in [0, 0.05) is 19.1 Å². The molecule has 2 heterocycles. The van der Waals surface area contributed by atoms with Crippen LogP contribution in [0.15, 0.2) is 24.5 Å². The molecule has 22 heavy (non-hydrogen) atoms. The van der Waals surface area contributed by atoms with Crippen LogP contribution >= 0.6 is 0 Å². The smallest absolute Gasteiger partial charge is 0.256 e. The third kappa shape index (κ3) is 2.11. The number of nitrogens with two attached hydrogens (primary N) is 1. The van der Waals surface area contributed by atoms with E-state index in [-0.39, 0.29) is 5.91 Å². The Kier molecular flexibility index (Phi) is 3.37. The van der Waals surface area contributed by atoms with Crippen molar-refractivity contribution < 1.29 is 4.79 Å². The van der Waals surface area contributed by atoms with Gasteiger partial charge in [-0.3, -0.25) is 4.79 Å². The summed E-state index contributed by atoms with van der Waals surface area (Å²) < 4.78 is 2.12. The Hall–Kier alpha value is -1.88. The topological polar surface area (TPSA) is 64.2 Å². The molecule has 0 saturated heterocycles. The van der Waals surface area contributed by atoms with Crippen LogP contribution in [0.3, 0.4) is 0 Å². The minimum Gasteiger partial charge on any atom is -0.334 e. The highest BCUT2D eigenvalue weighted by Gasteiger charge is 2.31. The van der Waals surface area contributed by atoms with E-state index in [1.165, 1.54) is 0 Å². The Labute approximate surface area is 130 Å². The zero-order chi connectivity index (χ0) is 15.1. The van der Waals surface area contributed by atoms with E-state index in [9.17, 15) is 4.79 Å². The molecule has 1 aliphatic heterocycles. The van der Waals surface area contributed by atoms with Crippen LogP contribution in [0, 0.1) is 5.92 Å². The van der Waals surface area contributed by atoms with E-state index >= 15 is 0 Å². The summed E-state index contributed by atoms with van der Waals surface area (Å²) in [7, 11) is 0. The van der Waals surface area contributed by atoms with Gasteiger partial charge in [-0.1, -0.05) is 6.07 Å². The van der Waals surface area contributed by atoms with E-state index in [1.807, 2.05) is 24.5 Å². The van der Waals surface area contributed by atoms with E-state index in [4.69, 9.17) is 5.73 Å². The number of hydrogen-bond acceptors (Lipinski definition) is 3. The molecule has 5 heteroatoms. The lowest BCUT2D eigenvalue weighted by Gasteiger charge is -2.36. The van der Waals surface area contributed by atoms with Gasteiger partial charge in [0.1, 0.15) is 0 Å². The highest BCUT2D eigenvalue weighted by atomic mass is 16.2. The fourth-order valence-electron chi connectivity index (χ4n) is 3.98. The van der Waals surface area contributed by atoms with Gasteiger partial charge in [0.2, 0.25) is 0 Å². The lowest BCUT2D eigenvalue weighted by Crippen LogP contribution is -2.43. The molecule has 2 aliphatic rings. The summed E-state index contributed by atoms with van der Waals surface area (Å²) >= 11 is 0. The van der Waals surface area contributed by atoms with E-state index in [0.717, 1.165) is 61.9 Å². The second-order valence-corrected chi connectivity index (χ2v) is 6.52. The van der Waals surface area contributed by atoms with Crippen LogP contribution in [0.2, 0.25) is 0 Å². The highest BCUT2D eigenvalue weighted by molar-refractivity contribution is 6.05. The summed E-state index contributed by atoms with van der Waals surface area (Å²) in [4.78, 5) is 19.5. The van der Waals surface area contributed by atoms with E-state index in [1.54, 1.807) is 0 Å². The third-order valence-electron chi connectivity index (χ3n) is 5.30. The third-order valence-corrected chi connectivity index (χ3v) is 5.30. The minimum absolute atomic E-state index is 0.168. The summed E-state index contributed by atoms with van der Waals surface area (Å²) in [5.41, 5.74) is 8.49. The molecule has 1 saturated carbocycles. The van der Waals surface area contributed by atoms with Gasteiger partial charge >= 0.3 is 0 Å². The molecular formula is C17H22N4O. The number of nitrogens with zero attached hydrogens (tertiary/aromatic N) is 3. The lowest BCUT2D eigenvalue weighted by molar-refractivity contribution is 0.0613. The minimum atomic E-state index is 0.168. The first kappa shape index (κ1) is 13.8. The normalized spacial score (nSPS) is 25.5. The Morgan fingerprint density at radius 2 is 2.00 bits per heavy atom. The lowest BCUT2D eigenvalue weighted by atomic mass is 9.85. The molecule has 0 bridgehead atoms. The van der Waals surface area contributed by atoms with Gasteiger partial charge < -0.3 is 15.2 Å². The van der Waals surface area contributed by atoms with Crippen LogP contribution in [0.25, 0.3) is 11.0 Å². The van der Waals surface area contributed by atoms with Crippen molar-refractivity contribution in [2.45, 2.75) is 38.3 Å². The Morgan fingerprint density at radius 1 is 1.18 bits per heavy atom. The number of rotatable bonds is 2. The van der Waals surface area contributed by atoms with E-state index < -0.39 is 0 Å². The van der Waals surface area contributed by atoms with Gasteiger partial charge in [-0.15, -0.1) is 0 Å². The maximum atomic E-state index is 13.0. The molecule has 116 valence electrons. The summed E-state index contributed by atoms with van der Waals surface area (Å²) in [6.45, 7) is 2.38. The van der Waals surface area contributed by atoms with Crippen LogP contribution in [-0.4, -0.2) is 39.5 Å². The number of imidazole rings is 1. The van der Waals surface area contributed by atoms with Gasteiger partial charge in [0.25, 0.3) is 5.91 Å². The molecule has 1 aromatic heterocycles. The van der Waals surface area contributed by atoms with Crippen molar-refractivity contribution in [1.29, 1.82) is 0 Å². The van der Waals surface area contributed by atoms with Crippen molar-refractivity contribution in [3.63, 3.8) is 0 Å². The Morgan fingerprint density at radius 3 is 2.77 bits per heavy atom. The second-order valence-electron chi connectivity index (χ2n) is 6.52. The highest BCUT2D eigenvalue weighted by Crippen LogP contribution is 2.30. The standard InChI is InChI=1S/C17H22N4O/c18-10-12-4-6-13(7-5-12)21-9-8-20-11-19-15-3-1-2-14(16(15)20)17(21)22/h1-3,11-13H,4-10,18H2. The van der Waals surface area contributed by atoms with Gasteiger partial charge in [0.15, 0.2) is 0 Å². The Bertz CT molecular complexity index is 700. The zero-order valence-electron chi connectivity index (χ0n) is 12.7. The SMILES string of the molecule is NCC1CCC(N2CCn3cnc4cccc(c43)C2=O)CC1. The maximum absolute atomic E-state index is 13.0. The molecule has 0 unspecified atom stereocenters. The molecule has 0 spiro atoms. The first-order valence-electron chi connectivity index (χ1n) is 8.23. The molecule has 4 rings (SSSR count). The number of hydrogen-bond donors (Lipinski definition) is 1. The molecule has 1 aromatic carbocycles. The van der Waals surface area contributed by atoms with Gasteiger partial charge in [-0.2, -0.15) is 0 Å². The zero-order valence-corrected chi connectivity index (χ0v) is 12.7. The van der Waals surface area contributed by atoms with Gasteiger partial charge in [0.05, 0.1) is 22.9 Å². The fraction of sp³-hybridized carbons (Fsp3) is 0.529. The van der Waals surface area contributed by atoms with Crippen LogP contribution < -0.4 is 5.73 Å². The summed E-state index contributed by atoms with van der Waals surface area (Å²) in [6.07, 6.45) is 6.30. The average Bonchev–Trinajstić information content (AvgIpc) is 2.92. The molecule has 5 nitrogen and oxygen atoms in total. The van der Waals surface area contributed by atoms with E-state index in [0.29, 0.717) is 12.0 Å². The van der Waals surface area contributed by atoms with Crippen molar-refractivity contribution >= 4 is 16.9 Å². The average molecular weight is 298 g/mol.